The van der Waals surface area contributed by atoms with Gasteiger partial charge in [0.1, 0.15) is 36.5 Å². The molecule has 9 N–H and O–H groups in total. The number of aliphatic carboxylic acids is 1. The Hall–Kier alpha value is -9.54. The van der Waals surface area contributed by atoms with Crippen molar-refractivity contribution in [1.29, 1.82) is 0 Å². The molecule has 6 aromatic rings. The Labute approximate surface area is 615 Å². The molecule has 566 valence electrons. The molecular weight excluding hydrogens is 1410 g/mol. The minimum Gasteiger partial charge on any atom is -0.479 e. The fourth-order valence-electron chi connectivity index (χ4n) is 15.5. The number of pyridine rings is 1. The molecule has 8 atom stereocenters. The number of aromatic carboxylic acids is 1. The molecule has 5 aliphatic rings. The number of aliphatic hydroxyl groups excluding tert-OH is 3. The number of anilines is 3. The molecule has 2 bridgehead atoms. The van der Waals surface area contributed by atoms with Crippen molar-refractivity contribution < 1.29 is 95.8 Å². The number of aliphatic hydroxyl groups is 3. The van der Waals surface area contributed by atoms with E-state index in [1.165, 1.54) is 53.8 Å². The molecule has 1 saturated heterocycles. The number of fused-ring (bicyclic) bond motifs is 4. The predicted octanol–water partition coefficient (Wildman–Crippen LogP) is 7.53. The highest BCUT2D eigenvalue weighted by molar-refractivity contribution is 7.85. The van der Waals surface area contributed by atoms with Gasteiger partial charge in [-0.1, -0.05) is 74.4 Å². The summed E-state index contributed by atoms with van der Waals surface area (Å²) in [5.74, 6) is -5.45. The first-order chi connectivity index (χ1) is 50.6. The van der Waals surface area contributed by atoms with E-state index in [1.807, 2.05) is 59.0 Å². The normalized spacial score (nSPS) is 22.8. The van der Waals surface area contributed by atoms with Crippen molar-refractivity contribution in [2.75, 3.05) is 67.2 Å². The van der Waals surface area contributed by atoms with Crippen LogP contribution in [-0.2, 0) is 67.8 Å². The Morgan fingerprint density at radius 3 is 2.41 bits per heavy atom. The van der Waals surface area contributed by atoms with Gasteiger partial charge in [0.25, 0.3) is 27.8 Å². The van der Waals surface area contributed by atoms with Gasteiger partial charge in [0.15, 0.2) is 16.9 Å². The van der Waals surface area contributed by atoms with E-state index in [4.69, 9.17) is 29.0 Å². The number of rotatable bonds is 32. The van der Waals surface area contributed by atoms with E-state index in [0.29, 0.717) is 97.8 Å². The fraction of sp³-hybridized carbons (Fsp3) is 0.473. The summed E-state index contributed by atoms with van der Waals surface area (Å²) in [5.41, 5.74) is 3.89. The summed E-state index contributed by atoms with van der Waals surface area (Å²) in [6.45, 7) is 6.86. The number of nitrogens with zero attached hydrogens (tertiary/aromatic N) is 7. The molecule has 2 saturated carbocycles. The lowest BCUT2D eigenvalue weighted by Gasteiger charge is -2.58. The van der Waals surface area contributed by atoms with Crippen molar-refractivity contribution in [3.8, 4) is 16.9 Å². The number of thiazole rings is 1. The van der Waals surface area contributed by atoms with E-state index in [0.717, 1.165) is 68.9 Å². The largest absolute Gasteiger partial charge is 0.479 e. The molecule has 2 aliphatic carbocycles. The van der Waals surface area contributed by atoms with Crippen LogP contribution in [0, 0.1) is 17.8 Å². The zero-order valence-electron chi connectivity index (χ0n) is 59.0. The number of carboxylic acids is 2. The molecule has 0 radical (unpaired) electrons. The van der Waals surface area contributed by atoms with Crippen LogP contribution in [0.3, 0.4) is 0 Å². The number of aromatic nitrogens is 4. The molecule has 32 heteroatoms. The molecule has 11 rings (SSSR count). The summed E-state index contributed by atoms with van der Waals surface area (Å²) in [6.07, 6.45) is 4.60. The lowest BCUT2D eigenvalue weighted by molar-refractivity contribution is -0.271. The third-order valence-corrected chi connectivity index (χ3v) is 21.9. The number of benzene rings is 3. The number of carbonyl (C=O) groups is 8. The molecular formula is C74H88N10O20S2. The molecule has 3 aromatic carbocycles. The van der Waals surface area contributed by atoms with Crippen LogP contribution in [0.1, 0.15) is 141 Å². The van der Waals surface area contributed by atoms with Crippen LogP contribution in [0.4, 0.5) is 21.4 Å². The number of imide groups is 1. The highest BCUT2D eigenvalue weighted by atomic mass is 32.2. The van der Waals surface area contributed by atoms with Crippen LogP contribution in [0.2, 0.25) is 0 Å². The number of hydrogen-bond donors (Lipinski definition) is 9. The molecule has 3 aromatic heterocycles. The van der Waals surface area contributed by atoms with Gasteiger partial charge < -0.3 is 64.9 Å². The smallest absolute Gasteiger partial charge is 0.410 e. The van der Waals surface area contributed by atoms with Crippen LogP contribution in [0.15, 0.2) is 97.2 Å². The summed E-state index contributed by atoms with van der Waals surface area (Å²) < 4.78 is 60.8. The molecule has 6 amide bonds. The van der Waals surface area contributed by atoms with E-state index in [-0.39, 0.29) is 85.5 Å². The maximum atomic E-state index is 13.9. The van der Waals surface area contributed by atoms with Gasteiger partial charge >= 0.3 is 18.0 Å². The monoisotopic (exact) mass is 1500 g/mol. The van der Waals surface area contributed by atoms with Crippen molar-refractivity contribution in [1.82, 2.24) is 34.9 Å². The van der Waals surface area contributed by atoms with E-state index < -0.39 is 94.5 Å². The number of nitrogens with one attached hydrogen (secondary N) is 3. The number of amides is 6. The fourth-order valence-corrected chi connectivity index (χ4v) is 16.8. The molecule has 3 unspecified atom stereocenters. The lowest BCUT2D eigenvalue weighted by atomic mass is 9.51. The Bertz CT molecular complexity index is 4440. The predicted molar refractivity (Wildman–Crippen MR) is 388 cm³/mol. The van der Waals surface area contributed by atoms with E-state index in [1.54, 1.807) is 18.3 Å². The third kappa shape index (κ3) is 18.8. The number of ether oxygens (including phenoxy) is 4. The Morgan fingerprint density at radius 2 is 1.65 bits per heavy atom. The first-order valence-corrected chi connectivity index (χ1v) is 37.8. The van der Waals surface area contributed by atoms with E-state index in [2.05, 4.69) is 34.8 Å². The Balaban J connectivity index is 0.725. The van der Waals surface area contributed by atoms with Crippen LogP contribution in [0.25, 0.3) is 27.4 Å². The molecule has 30 nitrogen and oxygen atoms in total. The molecule has 0 spiro atoms. The van der Waals surface area contributed by atoms with Crippen molar-refractivity contribution in [3.05, 3.63) is 131 Å². The highest BCUT2D eigenvalue weighted by Gasteiger charge is 2.56. The Kier molecular flexibility index (Phi) is 24.5. The van der Waals surface area contributed by atoms with Crippen molar-refractivity contribution in [2.24, 2.45) is 10.8 Å². The SMILES string of the molecule is CCCC1(C)CC2(Cn3ncc(-c4ccc(N5CCc6cccc(C(=O)Nc7nc8ccccc8s7)c6C5)nc4C(=O)O)c3C)CCCC(OCCN(CCS(=O)(=O)O)C(=O)OC/C=C/c3ccc(O[C@@H]4O[C@H](C(=O)O)[C@@H](O)[C@H](O)[C@H]4O)c(NC(=O)CCNC(=O)CCCCCN4C(=O)C=CC4=O)c3)(C1)C2. The zero-order chi connectivity index (χ0) is 75.7. The average Bonchev–Trinajstić information content (AvgIpc) is 1.04. The standard InChI is InChI=1S/C74H88N10O20S2/c1-4-27-72(3)41-73(44-84-45(2)50(39-76-84)48-20-22-56(79-61(48)67(93)94)82-32-26-47-14-10-15-49(51(47)40-82)66(92)80-70-78-52-16-7-8-17-55(52)105-70)28-12-29-74(42-72,43-73)102-36-33-81(34-37-106(98,99)100)71(97)101-35-11-13-46-19-21-54(103-69-64(91)62(89)63(90)65(104-69)68(95)96)53(38-46)77-58(86)25-30-75-57(85)18-6-5-9-31-83-59(87)23-24-60(83)88/h7-8,10-11,13-17,19-24,38-39,62-65,69,89-91H,4-6,9,12,18,25-37,40-44H2,1-3H3,(H,75,85)(H,77,86)(H,93,94)(H,95,96)(H,78,80,92)(H,98,99,100)/b13-11+/t62-,63-,64+,65-,69+,72?,73?,74?/m0/s1. The molecule has 3 aliphatic heterocycles. The summed E-state index contributed by atoms with van der Waals surface area (Å²) >= 11 is 1.39. The van der Waals surface area contributed by atoms with Gasteiger partial charge in [0, 0.05) is 93.2 Å². The van der Waals surface area contributed by atoms with Crippen molar-refractivity contribution in [2.45, 2.75) is 160 Å². The van der Waals surface area contributed by atoms with Gasteiger partial charge in [0.05, 0.1) is 40.1 Å². The van der Waals surface area contributed by atoms with Gasteiger partial charge in [0.2, 0.25) is 18.1 Å². The summed E-state index contributed by atoms with van der Waals surface area (Å²) in [4.78, 5) is 116. The van der Waals surface area contributed by atoms with Crippen molar-refractivity contribution >= 4 is 102 Å². The third-order valence-electron chi connectivity index (χ3n) is 20.2. The van der Waals surface area contributed by atoms with E-state index in [9.17, 15) is 76.9 Å². The quantitative estimate of drug-likeness (QED) is 0.0112. The topological polar surface area (TPSA) is 418 Å². The molecule has 6 heterocycles. The Morgan fingerprint density at radius 1 is 0.858 bits per heavy atom. The number of carbonyl (C=O) groups excluding carboxylic acids is 6. The van der Waals surface area contributed by atoms with Crippen LogP contribution >= 0.6 is 11.3 Å². The summed E-state index contributed by atoms with van der Waals surface area (Å²) in [6, 6.07) is 21.1. The number of carboxylic acid groups (broad SMARTS) is 2. The second-order valence-electron chi connectivity index (χ2n) is 28.2. The van der Waals surface area contributed by atoms with Gasteiger partial charge in [-0.2, -0.15) is 13.5 Å². The maximum absolute atomic E-state index is 13.9. The zero-order valence-corrected chi connectivity index (χ0v) is 60.7. The number of unbranched alkanes of at least 4 members (excludes halogenated alkanes) is 2. The first kappa shape index (κ1) is 77.6. The van der Waals surface area contributed by atoms with Crippen LogP contribution in [-0.4, -0.2) is 204 Å². The van der Waals surface area contributed by atoms with Crippen LogP contribution < -0.4 is 25.6 Å². The highest BCUT2D eigenvalue weighted by Crippen LogP contribution is 2.61. The second kappa shape index (κ2) is 33.5. The number of hydrogen-bond acceptors (Lipinski definition) is 22. The second-order valence-corrected chi connectivity index (χ2v) is 30.8. The summed E-state index contributed by atoms with van der Waals surface area (Å²) in [5, 5.41) is 65.6. The van der Waals surface area contributed by atoms with Gasteiger partial charge in [-0.05, 0) is 147 Å². The minimum atomic E-state index is -4.56. The van der Waals surface area contributed by atoms with Gasteiger partial charge in [-0.3, -0.25) is 43.4 Å². The van der Waals surface area contributed by atoms with Gasteiger partial charge in [-0.25, -0.2) is 24.4 Å². The van der Waals surface area contributed by atoms with E-state index >= 15 is 0 Å². The average molecular weight is 1500 g/mol. The summed E-state index contributed by atoms with van der Waals surface area (Å²) in [7, 11) is -4.56. The van der Waals surface area contributed by atoms with Gasteiger partial charge in [-0.15, -0.1) is 0 Å². The lowest BCUT2D eigenvalue weighted by Crippen LogP contribution is -2.61. The van der Waals surface area contributed by atoms with Crippen molar-refractivity contribution in [3.63, 3.8) is 0 Å². The number of para-hydroxylation sites is 1. The first-order valence-electron chi connectivity index (χ1n) is 35.4. The minimum absolute atomic E-state index is 0.0199. The molecule has 3 fully saturated rings. The molecule has 106 heavy (non-hydrogen) atoms. The van der Waals surface area contributed by atoms with Crippen LogP contribution in [0.5, 0.6) is 5.75 Å². The maximum Gasteiger partial charge on any atom is 0.410 e.